The Bertz CT molecular complexity index is 992. The van der Waals surface area contributed by atoms with Crippen molar-refractivity contribution in [2.75, 3.05) is 13.2 Å². The number of aromatic nitrogens is 1. The fourth-order valence-electron chi connectivity index (χ4n) is 2.59. The Kier molecular flexibility index (Phi) is 6.45. The summed E-state index contributed by atoms with van der Waals surface area (Å²) in [5.41, 5.74) is 1.62. The van der Waals surface area contributed by atoms with Gasteiger partial charge in [-0.25, -0.2) is 9.78 Å². The smallest absolute Gasteiger partial charge is 0.357 e. The van der Waals surface area contributed by atoms with Crippen LogP contribution >= 0.6 is 11.6 Å². The second kappa shape index (κ2) is 9.19. The summed E-state index contributed by atoms with van der Waals surface area (Å²) in [6.45, 7) is 2.14. The lowest BCUT2D eigenvalue weighted by Gasteiger charge is -2.12. The molecule has 1 N–H and O–H groups in total. The van der Waals surface area contributed by atoms with Crippen LogP contribution in [0.5, 0.6) is 5.75 Å². The van der Waals surface area contributed by atoms with Gasteiger partial charge in [0.15, 0.2) is 12.3 Å². The Hall–Kier alpha value is -3.12. The quantitative estimate of drug-likeness (QED) is 0.613. The van der Waals surface area contributed by atoms with Crippen LogP contribution in [0.25, 0.3) is 10.9 Å². The molecule has 0 atom stereocenters. The molecule has 6 nitrogen and oxygen atoms in total. The van der Waals surface area contributed by atoms with Crippen molar-refractivity contribution in [3.63, 3.8) is 0 Å². The van der Waals surface area contributed by atoms with E-state index in [0.717, 1.165) is 5.56 Å². The van der Waals surface area contributed by atoms with Crippen molar-refractivity contribution in [2.24, 2.45) is 0 Å². The molecule has 0 aliphatic carbocycles. The zero-order valence-electron chi connectivity index (χ0n) is 15.3. The van der Waals surface area contributed by atoms with Crippen LogP contribution in [0.1, 0.15) is 23.0 Å². The number of nitrogens with zero attached hydrogens (tertiary/aromatic N) is 1. The van der Waals surface area contributed by atoms with E-state index >= 15 is 0 Å². The van der Waals surface area contributed by atoms with Gasteiger partial charge in [-0.3, -0.25) is 4.79 Å². The fourth-order valence-corrected chi connectivity index (χ4v) is 2.76. The number of rotatable bonds is 7. The van der Waals surface area contributed by atoms with Crippen LogP contribution in [0, 0.1) is 0 Å². The van der Waals surface area contributed by atoms with Crippen molar-refractivity contribution < 1.29 is 19.1 Å². The monoisotopic (exact) mass is 398 g/mol. The van der Waals surface area contributed by atoms with E-state index in [9.17, 15) is 9.59 Å². The molecule has 7 heteroatoms. The van der Waals surface area contributed by atoms with E-state index in [2.05, 4.69) is 10.3 Å². The van der Waals surface area contributed by atoms with E-state index in [1.807, 2.05) is 30.3 Å². The molecule has 0 saturated carbocycles. The molecule has 3 aromatic rings. The number of fused-ring (bicyclic) bond motifs is 1. The second-order valence-corrected chi connectivity index (χ2v) is 6.38. The van der Waals surface area contributed by atoms with Gasteiger partial charge in [0.05, 0.1) is 12.1 Å². The van der Waals surface area contributed by atoms with Crippen molar-refractivity contribution in [1.82, 2.24) is 10.3 Å². The van der Waals surface area contributed by atoms with Crippen molar-refractivity contribution in [3.05, 3.63) is 70.9 Å². The van der Waals surface area contributed by atoms with Gasteiger partial charge in [0.2, 0.25) is 0 Å². The Balaban J connectivity index is 1.75. The second-order valence-electron chi connectivity index (χ2n) is 5.94. The number of hydrogen-bond donors (Lipinski definition) is 1. The molecule has 1 heterocycles. The van der Waals surface area contributed by atoms with Crippen molar-refractivity contribution in [1.29, 1.82) is 0 Å². The molecule has 144 valence electrons. The summed E-state index contributed by atoms with van der Waals surface area (Å²) in [7, 11) is 0. The number of esters is 1. The highest BCUT2D eigenvalue weighted by atomic mass is 35.5. The molecular formula is C21H19ClN2O4. The molecule has 1 aromatic heterocycles. The zero-order chi connectivity index (χ0) is 19.9. The third-order valence-corrected chi connectivity index (χ3v) is 4.14. The summed E-state index contributed by atoms with van der Waals surface area (Å²) in [5, 5.41) is 3.89. The number of pyridine rings is 1. The normalized spacial score (nSPS) is 10.5. The first-order valence-corrected chi connectivity index (χ1v) is 9.15. The molecule has 0 radical (unpaired) electrons. The number of hydrogen-bond acceptors (Lipinski definition) is 5. The zero-order valence-corrected chi connectivity index (χ0v) is 16.0. The van der Waals surface area contributed by atoms with Crippen LogP contribution in [-0.4, -0.2) is 30.1 Å². The summed E-state index contributed by atoms with van der Waals surface area (Å²) >= 11 is 6.07. The highest BCUT2D eigenvalue weighted by Crippen LogP contribution is 2.28. The molecule has 3 rings (SSSR count). The number of carbonyl (C=O) groups excluding carboxylic acids is 2. The first-order chi connectivity index (χ1) is 13.6. The van der Waals surface area contributed by atoms with Gasteiger partial charge in [-0.05, 0) is 30.7 Å². The molecule has 0 aliphatic heterocycles. The Morgan fingerprint density at radius 2 is 1.89 bits per heavy atom. The highest BCUT2D eigenvalue weighted by Gasteiger charge is 2.15. The van der Waals surface area contributed by atoms with E-state index in [1.165, 1.54) is 6.07 Å². The average molecular weight is 399 g/mol. The summed E-state index contributed by atoms with van der Waals surface area (Å²) in [6.07, 6.45) is 0. The minimum Gasteiger partial charge on any atom is -0.483 e. The van der Waals surface area contributed by atoms with Gasteiger partial charge in [0, 0.05) is 23.0 Å². The first kappa shape index (κ1) is 19.6. The Morgan fingerprint density at radius 3 is 2.64 bits per heavy atom. The van der Waals surface area contributed by atoms with Gasteiger partial charge in [-0.15, -0.1) is 0 Å². The predicted molar refractivity (Wildman–Crippen MR) is 106 cm³/mol. The maximum Gasteiger partial charge on any atom is 0.357 e. The van der Waals surface area contributed by atoms with E-state index in [-0.39, 0.29) is 24.8 Å². The third kappa shape index (κ3) is 4.98. The summed E-state index contributed by atoms with van der Waals surface area (Å²) < 4.78 is 10.7. The topological polar surface area (TPSA) is 77.5 Å². The van der Waals surface area contributed by atoms with Crippen LogP contribution < -0.4 is 10.1 Å². The first-order valence-electron chi connectivity index (χ1n) is 8.77. The number of carbonyl (C=O) groups is 2. The van der Waals surface area contributed by atoms with Gasteiger partial charge in [0.1, 0.15) is 5.75 Å². The fraction of sp³-hybridized carbons (Fsp3) is 0.190. The molecule has 2 aromatic carbocycles. The number of amides is 1. The molecule has 0 fully saturated rings. The molecule has 0 bridgehead atoms. The minimum atomic E-state index is -0.558. The van der Waals surface area contributed by atoms with Crippen LogP contribution in [0.2, 0.25) is 5.02 Å². The van der Waals surface area contributed by atoms with Crippen LogP contribution in [0.15, 0.2) is 54.6 Å². The van der Waals surface area contributed by atoms with E-state index in [1.54, 1.807) is 25.1 Å². The third-order valence-electron chi connectivity index (χ3n) is 3.91. The summed E-state index contributed by atoms with van der Waals surface area (Å²) in [6, 6.07) is 16.1. The molecule has 0 saturated heterocycles. The van der Waals surface area contributed by atoms with Crippen molar-refractivity contribution in [3.8, 4) is 5.75 Å². The number of ether oxygens (including phenoxy) is 2. The average Bonchev–Trinajstić information content (AvgIpc) is 2.71. The maximum absolute atomic E-state index is 12.1. The summed E-state index contributed by atoms with van der Waals surface area (Å²) in [5.74, 6) is -0.503. The lowest BCUT2D eigenvalue weighted by Crippen LogP contribution is -2.28. The lowest BCUT2D eigenvalue weighted by molar-refractivity contribution is -0.123. The van der Waals surface area contributed by atoms with E-state index in [4.69, 9.17) is 21.1 Å². The van der Waals surface area contributed by atoms with Gasteiger partial charge < -0.3 is 14.8 Å². The van der Waals surface area contributed by atoms with Gasteiger partial charge in [-0.2, -0.15) is 0 Å². The van der Waals surface area contributed by atoms with Gasteiger partial charge in [0.25, 0.3) is 5.91 Å². The van der Waals surface area contributed by atoms with Crippen LogP contribution in [0.3, 0.4) is 0 Å². The van der Waals surface area contributed by atoms with Gasteiger partial charge >= 0.3 is 5.97 Å². The molecular weight excluding hydrogens is 380 g/mol. The van der Waals surface area contributed by atoms with Crippen molar-refractivity contribution in [2.45, 2.75) is 13.5 Å². The SMILES string of the molecule is CCOC(=O)c1cc(OCC(=O)NCc2ccccc2)c2cc(Cl)ccc2n1. The lowest BCUT2D eigenvalue weighted by atomic mass is 10.2. The van der Waals surface area contributed by atoms with Crippen LogP contribution in [-0.2, 0) is 16.1 Å². The molecule has 0 aliphatic rings. The number of benzene rings is 2. The Morgan fingerprint density at radius 1 is 1.11 bits per heavy atom. The van der Waals surface area contributed by atoms with Crippen LogP contribution in [0.4, 0.5) is 0 Å². The van der Waals surface area contributed by atoms with E-state index in [0.29, 0.717) is 28.2 Å². The largest absolute Gasteiger partial charge is 0.483 e. The predicted octanol–water partition coefficient (Wildman–Crippen LogP) is 3.76. The molecule has 0 unspecified atom stereocenters. The minimum absolute atomic E-state index is 0.108. The molecule has 0 spiro atoms. The van der Waals surface area contributed by atoms with Crippen molar-refractivity contribution >= 4 is 34.4 Å². The number of nitrogens with one attached hydrogen (secondary N) is 1. The summed E-state index contributed by atoms with van der Waals surface area (Å²) in [4.78, 5) is 28.5. The standard InChI is InChI=1S/C21H19ClN2O4/c1-2-27-21(26)18-11-19(16-10-15(22)8-9-17(16)24-18)28-13-20(25)23-12-14-6-4-3-5-7-14/h3-11H,2,12-13H2,1H3,(H,23,25). The molecule has 28 heavy (non-hydrogen) atoms. The number of halogens is 1. The molecule has 1 amide bonds. The van der Waals surface area contributed by atoms with Gasteiger partial charge in [-0.1, -0.05) is 41.9 Å². The Labute approximate surface area is 167 Å². The highest BCUT2D eigenvalue weighted by molar-refractivity contribution is 6.31. The maximum atomic E-state index is 12.1. The van der Waals surface area contributed by atoms with E-state index < -0.39 is 5.97 Å².